The summed E-state index contributed by atoms with van der Waals surface area (Å²) < 4.78 is 18.2. The Hall–Kier alpha value is -1.62. The van der Waals surface area contributed by atoms with E-state index >= 15 is 0 Å². The van der Waals surface area contributed by atoms with E-state index in [-0.39, 0.29) is 11.7 Å². The molecule has 0 aliphatic carbocycles. The summed E-state index contributed by atoms with van der Waals surface area (Å²) in [5.74, 6) is 0.436. The lowest BCUT2D eigenvalue weighted by Crippen LogP contribution is -2.31. The summed E-state index contributed by atoms with van der Waals surface area (Å²) in [6, 6.07) is 6.31. The highest BCUT2D eigenvalue weighted by Gasteiger charge is 2.08. The molecule has 1 aromatic rings. The van der Waals surface area contributed by atoms with Gasteiger partial charge in [-0.2, -0.15) is 0 Å². The second-order valence-electron chi connectivity index (χ2n) is 5.33. The van der Waals surface area contributed by atoms with Crippen LogP contribution < -0.4 is 10.1 Å². The van der Waals surface area contributed by atoms with E-state index in [0.717, 1.165) is 13.0 Å². The molecular formula is C16H25FN2O2. The molecule has 5 heteroatoms. The highest BCUT2D eigenvalue weighted by atomic mass is 19.1. The molecule has 4 nitrogen and oxygen atoms in total. The lowest BCUT2D eigenvalue weighted by Gasteiger charge is -2.17. The predicted molar refractivity (Wildman–Crippen MR) is 81.9 cm³/mol. The SMILES string of the molecule is CC(C)NCCCC(=O)N(C)CCOc1ccc(F)cc1. The van der Waals surface area contributed by atoms with E-state index in [4.69, 9.17) is 4.74 Å². The van der Waals surface area contributed by atoms with Crippen LogP contribution in [0.4, 0.5) is 4.39 Å². The smallest absolute Gasteiger partial charge is 0.222 e. The van der Waals surface area contributed by atoms with E-state index in [1.54, 1.807) is 24.1 Å². The number of carbonyl (C=O) groups excluding carboxylic acids is 1. The number of ether oxygens (including phenoxy) is 1. The number of likely N-dealkylation sites (N-methyl/N-ethyl adjacent to an activating group) is 1. The van der Waals surface area contributed by atoms with Crippen molar-refractivity contribution < 1.29 is 13.9 Å². The third-order valence-corrected chi connectivity index (χ3v) is 3.05. The van der Waals surface area contributed by atoms with Gasteiger partial charge in [-0.3, -0.25) is 4.79 Å². The van der Waals surface area contributed by atoms with Gasteiger partial charge in [0.2, 0.25) is 5.91 Å². The Kier molecular flexibility index (Phi) is 7.75. The van der Waals surface area contributed by atoms with E-state index < -0.39 is 0 Å². The number of hydrogen-bond acceptors (Lipinski definition) is 3. The number of carbonyl (C=O) groups is 1. The van der Waals surface area contributed by atoms with Crippen LogP contribution in [-0.2, 0) is 4.79 Å². The zero-order valence-corrected chi connectivity index (χ0v) is 13.1. The molecule has 0 aromatic heterocycles. The van der Waals surface area contributed by atoms with Gasteiger partial charge in [-0.1, -0.05) is 13.8 Å². The van der Waals surface area contributed by atoms with Crippen molar-refractivity contribution in [2.75, 3.05) is 26.7 Å². The molecule has 1 rings (SSSR count). The molecule has 1 aromatic carbocycles. The number of hydrogen-bond donors (Lipinski definition) is 1. The van der Waals surface area contributed by atoms with Gasteiger partial charge in [0.05, 0.1) is 6.54 Å². The first-order chi connectivity index (χ1) is 9.99. The number of rotatable bonds is 9. The molecule has 0 bridgehead atoms. The average molecular weight is 296 g/mol. The lowest BCUT2D eigenvalue weighted by atomic mass is 10.2. The second-order valence-corrected chi connectivity index (χ2v) is 5.33. The zero-order chi connectivity index (χ0) is 15.7. The summed E-state index contributed by atoms with van der Waals surface area (Å²) in [5.41, 5.74) is 0. The van der Waals surface area contributed by atoms with Crippen LogP contribution in [0.2, 0.25) is 0 Å². The number of amides is 1. The Morgan fingerprint density at radius 3 is 2.62 bits per heavy atom. The van der Waals surface area contributed by atoms with Crippen molar-refractivity contribution in [3.63, 3.8) is 0 Å². The van der Waals surface area contributed by atoms with Crippen LogP contribution >= 0.6 is 0 Å². The number of halogens is 1. The fourth-order valence-electron chi connectivity index (χ4n) is 1.78. The van der Waals surface area contributed by atoms with Gasteiger partial charge < -0.3 is 15.0 Å². The minimum atomic E-state index is -0.287. The molecule has 0 spiro atoms. The van der Waals surface area contributed by atoms with Crippen LogP contribution in [-0.4, -0.2) is 43.6 Å². The Labute approximate surface area is 126 Å². The van der Waals surface area contributed by atoms with E-state index in [1.807, 2.05) is 0 Å². The molecule has 1 N–H and O–H groups in total. The van der Waals surface area contributed by atoms with Crippen molar-refractivity contribution in [3.8, 4) is 5.75 Å². The van der Waals surface area contributed by atoms with E-state index in [1.165, 1.54) is 12.1 Å². The molecule has 0 unspecified atom stereocenters. The summed E-state index contributed by atoms with van der Waals surface area (Å²) in [4.78, 5) is 13.5. The molecular weight excluding hydrogens is 271 g/mol. The van der Waals surface area contributed by atoms with E-state index in [0.29, 0.717) is 31.4 Å². The average Bonchev–Trinajstić information content (AvgIpc) is 2.45. The molecule has 0 saturated heterocycles. The van der Waals surface area contributed by atoms with Crippen LogP contribution in [0.1, 0.15) is 26.7 Å². The first-order valence-corrected chi connectivity index (χ1v) is 7.34. The summed E-state index contributed by atoms with van der Waals surface area (Å²) in [6.07, 6.45) is 1.37. The van der Waals surface area contributed by atoms with Crippen molar-refractivity contribution >= 4 is 5.91 Å². The Balaban J connectivity index is 2.16. The van der Waals surface area contributed by atoms with Crippen molar-refractivity contribution in [3.05, 3.63) is 30.1 Å². The Bertz CT molecular complexity index is 421. The molecule has 0 atom stereocenters. The van der Waals surface area contributed by atoms with Gasteiger partial charge in [0.25, 0.3) is 0 Å². The molecule has 0 fully saturated rings. The molecule has 118 valence electrons. The van der Waals surface area contributed by atoms with Gasteiger partial charge in [0.15, 0.2) is 0 Å². The highest BCUT2D eigenvalue weighted by molar-refractivity contribution is 5.75. The highest BCUT2D eigenvalue weighted by Crippen LogP contribution is 2.10. The predicted octanol–water partition coefficient (Wildman–Crippen LogP) is 2.44. The maximum atomic E-state index is 12.7. The molecule has 0 saturated carbocycles. The molecule has 0 heterocycles. The van der Waals surface area contributed by atoms with Crippen LogP contribution in [0.3, 0.4) is 0 Å². The Morgan fingerprint density at radius 2 is 2.00 bits per heavy atom. The quantitative estimate of drug-likeness (QED) is 0.712. The van der Waals surface area contributed by atoms with Crippen LogP contribution in [0.5, 0.6) is 5.75 Å². The van der Waals surface area contributed by atoms with Crippen LogP contribution in [0.25, 0.3) is 0 Å². The summed E-state index contributed by atoms with van der Waals surface area (Å²) >= 11 is 0. The maximum Gasteiger partial charge on any atom is 0.222 e. The van der Waals surface area contributed by atoms with Gasteiger partial charge in [-0.05, 0) is 37.2 Å². The van der Waals surface area contributed by atoms with Gasteiger partial charge in [0, 0.05) is 19.5 Å². The maximum absolute atomic E-state index is 12.7. The standard InChI is InChI=1S/C16H25FN2O2/c1-13(2)18-10-4-5-16(20)19(3)11-12-21-15-8-6-14(17)7-9-15/h6-9,13,18H,4-5,10-12H2,1-3H3. The largest absolute Gasteiger partial charge is 0.492 e. The van der Waals surface area contributed by atoms with Crippen molar-refractivity contribution in [2.24, 2.45) is 0 Å². The van der Waals surface area contributed by atoms with Crippen LogP contribution in [0.15, 0.2) is 24.3 Å². The minimum absolute atomic E-state index is 0.114. The van der Waals surface area contributed by atoms with E-state index in [9.17, 15) is 9.18 Å². The van der Waals surface area contributed by atoms with Crippen molar-refractivity contribution in [1.82, 2.24) is 10.2 Å². The summed E-state index contributed by atoms with van der Waals surface area (Å²) in [7, 11) is 1.77. The molecule has 1 amide bonds. The molecule has 0 radical (unpaired) electrons. The number of benzene rings is 1. The molecule has 21 heavy (non-hydrogen) atoms. The van der Waals surface area contributed by atoms with Gasteiger partial charge in [0.1, 0.15) is 18.2 Å². The lowest BCUT2D eigenvalue weighted by molar-refractivity contribution is -0.130. The topological polar surface area (TPSA) is 41.6 Å². The number of nitrogens with one attached hydrogen (secondary N) is 1. The summed E-state index contributed by atoms with van der Waals surface area (Å²) in [5, 5.41) is 3.28. The Morgan fingerprint density at radius 1 is 1.33 bits per heavy atom. The first-order valence-electron chi connectivity index (χ1n) is 7.34. The monoisotopic (exact) mass is 296 g/mol. The molecule has 0 aliphatic rings. The van der Waals surface area contributed by atoms with E-state index in [2.05, 4.69) is 19.2 Å². The third-order valence-electron chi connectivity index (χ3n) is 3.05. The second kappa shape index (κ2) is 9.34. The minimum Gasteiger partial charge on any atom is -0.492 e. The van der Waals surface area contributed by atoms with Crippen molar-refractivity contribution in [2.45, 2.75) is 32.7 Å². The summed E-state index contributed by atoms with van der Waals surface area (Å²) in [6.45, 7) is 5.94. The zero-order valence-electron chi connectivity index (χ0n) is 13.1. The van der Waals surface area contributed by atoms with Gasteiger partial charge in [-0.15, -0.1) is 0 Å². The fourth-order valence-corrected chi connectivity index (χ4v) is 1.78. The normalized spacial score (nSPS) is 10.7. The third kappa shape index (κ3) is 7.66. The van der Waals surface area contributed by atoms with Crippen LogP contribution in [0, 0.1) is 5.82 Å². The van der Waals surface area contributed by atoms with Gasteiger partial charge >= 0.3 is 0 Å². The van der Waals surface area contributed by atoms with Crippen molar-refractivity contribution in [1.29, 1.82) is 0 Å². The first kappa shape index (κ1) is 17.4. The fraction of sp³-hybridized carbons (Fsp3) is 0.562. The molecule has 0 aliphatic heterocycles. The number of nitrogens with zero attached hydrogens (tertiary/aromatic N) is 1. The van der Waals surface area contributed by atoms with Gasteiger partial charge in [-0.25, -0.2) is 4.39 Å².